The lowest BCUT2D eigenvalue weighted by Crippen LogP contribution is -2.32. The molecule has 7 heteroatoms. The monoisotopic (exact) mass is 1070 g/mol. The fourth-order valence-electron chi connectivity index (χ4n) is 13.0. The van der Waals surface area contributed by atoms with Crippen molar-refractivity contribution < 1.29 is 26.9 Å². The number of nitrogens with zero attached hydrogens (tertiary/aromatic N) is 7. The number of para-hydroxylation sites is 3. The highest BCUT2D eigenvalue weighted by atomic mass is 15.2. The van der Waals surface area contributed by atoms with Crippen LogP contribution in [0.2, 0.25) is 0 Å². The minimum Gasteiger partial charge on any atom is -0.226 e. The molecule has 396 valence electrons. The van der Waals surface area contributed by atoms with E-state index in [1.165, 1.54) is 106 Å². The summed E-state index contributed by atoms with van der Waals surface area (Å²) in [6.45, 7) is 9.16. The second-order valence-corrected chi connectivity index (χ2v) is 22.1. The first-order valence-electron chi connectivity index (χ1n) is 30.0. The molecule has 0 N–H and O–H groups in total. The van der Waals surface area contributed by atoms with E-state index in [1.54, 1.807) is 6.07 Å². The van der Waals surface area contributed by atoms with Crippen LogP contribution in [-0.4, -0.2) is 9.13 Å². The van der Waals surface area contributed by atoms with Crippen LogP contribution in [0.4, 0.5) is 0 Å². The molecule has 13 aromatic rings. The number of aryl methyl sites for hydroxylation is 5. The molecule has 0 fully saturated rings. The lowest BCUT2D eigenvalue weighted by molar-refractivity contribution is -0.672. The molecule has 82 heavy (non-hydrogen) atoms. The number of rotatable bonds is 1. The maximum absolute atomic E-state index is 7.76. The van der Waals surface area contributed by atoms with Crippen molar-refractivity contribution in [3.8, 4) is 62.2 Å². The number of hydrogen-bond donors (Lipinski definition) is 0. The average molecular weight is 1070 g/mol. The third-order valence-electron chi connectivity index (χ3n) is 16.8. The van der Waals surface area contributed by atoms with E-state index >= 15 is 0 Å². The quantitative estimate of drug-likeness (QED) is 0.147. The van der Waals surface area contributed by atoms with Gasteiger partial charge in [-0.3, -0.25) is 0 Å². The Morgan fingerprint density at radius 3 is 1.78 bits per heavy atom. The molecule has 0 radical (unpaired) electrons. The van der Waals surface area contributed by atoms with Gasteiger partial charge < -0.3 is 0 Å². The molecule has 5 aliphatic heterocycles. The molecule has 5 aliphatic rings. The van der Waals surface area contributed by atoms with E-state index in [0.29, 0.717) is 5.56 Å². The predicted octanol–water partition coefficient (Wildman–Crippen LogP) is 13.7. The first kappa shape index (κ1) is 47.0. The van der Waals surface area contributed by atoms with E-state index < -0.39 is 6.85 Å². The van der Waals surface area contributed by atoms with E-state index in [-0.39, 0.29) is 0 Å². The largest absolute Gasteiger partial charge is 0.295 e. The molecule has 0 bridgehead atoms. The zero-order chi connectivity index (χ0) is 57.9. The topological polar surface area (TPSA) is 29.3 Å². The summed E-state index contributed by atoms with van der Waals surface area (Å²) >= 11 is 0. The Morgan fingerprint density at radius 1 is 0.390 bits per heavy atom. The number of fused-ring (bicyclic) bond motifs is 19. The molecule has 10 heterocycles. The number of pyridine rings is 3. The number of benzene rings is 8. The molecule has 18 rings (SSSR count). The summed E-state index contributed by atoms with van der Waals surface area (Å²) in [6.07, 6.45) is 6.47. The highest BCUT2D eigenvalue weighted by Crippen LogP contribution is 2.36. The molecule has 0 spiro atoms. The van der Waals surface area contributed by atoms with Crippen molar-refractivity contribution >= 4 is 22.1 Å². The maximum Gasteiger partial charge on any atom is 0.295 e. The molecule has 0 saturated heterocycles. The van der Waals surface area contributed by atoms with E-state index in [9.17, 15) is 0 Å². The summed E-state index contributed by atoms with van der Waals surface area (Å²) in [6, 6.07) is 80.4. The maximum atomic E-state index is 7.76. The average Bonchev–Trinajstić information content (AvgIpc) is 1.79. The Balaban J connectivity index is 0.0000000966. The molecule has 0 amide bonds. The van der Waals surface area contributed by atoms with Gasteiger partial charge in [0.25, 0.3) is 11.6 Å². The second kappa shape index (κ2) is 21.0. The van der Waals surface area contributed by atoms with E-state index in [1.807, 2.05) is 36.4 Å². The molecule has 0 unspecified atom stereocenters. The van der Waals surface area contributed by atoms with E-state index in [2.05, 4.69) is 266 Å². The second-order valence-electron chi connectivity index (χ2n) is 22.1. The van der Waals surface area contributed by atoms with Crippen LogP contribution in [0.3, 0.4) is 0 Å². The van der Waals surface area contributed by atoms with Crippen molar-refractivity contribution in [2.45, 2.75) is 60.3 Å². The van der Waals surface area contributed by atoms with Gasteiger partial charge in [-0.1, -0.05) is 127 Å². The first-order chi connectivity index (χ1) is 41.4. The van der Waals surface area contributed by atoms with Gasteiger partial charge in [-0.25, -0.2) is 13.7 Å². The Kier molecular flexibility index (Phi) is 12.0. The third kappa shape index (κ3) is 8.99. The van der Waals surface area contributed by atoms with Crippen LogP contribution in [0, 0.1) is 27.6 Å². The molecule has 8 aromatic carbocycles. The Morgan fingerprint density at radius 2 is 0.988 bits per heavy atom. The van der Waals surface area contributed by atoms with Gasteiger partial charge >= 0.3 is 0 Å². The van der Waals surface area contributed by atoms with Crippen molar-refractivity contribution in [2.24, 2.45) is 7.05 Å². The van der Waals surface area contributed by atoms with Gasteiger partial charge in [0.05, 0.1) is 34.9 Å². The van der Waals surface area contributed by atoms with Crippen molar-refractivity contribution in [2.75, 3.05) is 0 Å². The minimum atomic E-state index is -2.11. The van der Waals surface area contributed by atoms with Crippen LogP contribution >= 0.6 is 0 Å². The summed E-state index contributed by atoms with van der Waals surface area (Å²) in [5, 5.41) is 0. The van der Waals surface area contributed by atoms with Gasteiger partial charge in [-0.15, -0.1) is 0 Å². The van der Waals surface area contributed by atoms with E-state index in [0.717, 1.165) is 55.3 Å². The zero-order valence-corrected chi connectivity index (χ0v) is 46.8. The fourth-order valence-corrected chi connectivity index (χ4v) is 13.0. The van der Waals surface area contributed by atoms with Crippen LogP contribution in [0.5, 0.6) is 0 Å². The summed E-state index contributed by atoms with van der Waals surface area (Å²) in [5.41, 5.74) is 27.8. The van der Waals surface area contributed by atoms with E-state index in [4.69, 9.17) is 4.11 Å². The summed E-state index contributed by atoms with van der Waals surface area (Å²) in [4.78, 5) is 0. The highest BCUT2D eigenvalue weighted by Gasteiger charge is 2.35. The molecule has 7 nitrogen and oxygen atoms in total. The van der Waals surface area contributed by atoms with Gasteiger partial charge in [-0.2, -0.15) is 18.3 Å². The van der Waals surface area contributed by atoms with Crippen LogP contribution in [0.15, 0.2) is 249 Å². The first-order valence-corrected chi connectivity index (χ1v) is 28.5. The van der Waals surface area contributed by atoms with Crippen LogP contribution in [-0.2, 0) is 39.8 Å². The van der Waals surface area contributed by atoms with Gasteiger partial charge in [0.15, 0.2) is 60.3 Å². The lowest BCUT2D eigenvalue weighted by atomic mass is 10.0. The SMILES string of the molecule is C[n+]1c2n(c3ccccc31)Cc1ccccc1-2.Cc1cc[n+]2c(c1)-c1ccccc1C2.Cc1ccc2c(c1)-c1cccc[n+]1C2.Cc1ccc[n+]2c1-c1ccccc1C2.[2H]C([2H])([2H])c1ccc2c(c1)[n+]1c(n2-c2ccccc2)-c2ccccc2C1. The smallest absolute Gasteiger partial charge is 0.226 e. The number of hydrogen-bond acceptors (Lipinski definition) is 0. The van der Waals surface area contributed by atoms with Crippen LogP contribution in [0.25, 0.3) is 84.3 Å². The van der Waals surface area contributed by atoms with Gasteiger partial charge in [0, 0.05) is 67.8 Å². The number of imidazole rings is 2. The summed E-state index contributed by atoms with van der Waals surface area (Å²) < 4.78 is 39.4. The third-order valence-corrected chi connectivity index (χ3v) is 16.8. The Labute approximate surface area is 484 Å². The molecular weight excluding hydrogens is 999 g/mol. The molecule has 0 atom stereocenters. The molecular formula is C75H66N7+5. The van der Waals surface area contributed by atoms with Crippen LogP contribution in [0.1, 0.15) is 54.2 Å². The summed E-state index contributed by atoms with van der Waals surface area (Å²) in [5.74, 6) is 2.42. The lowest BCUT2D eigenvalue weighted by Gasteiger charge is -2.02. The predicted molar refractivity (Wildman–Crippen MR) is 328 cm³/mol. The standard InChI is InChI=1S/C21H17N2.C15H13N2.3C13H12N/c1-15-11-12-19-20(13-15)22-14-16-7-5-6-10-18(16)21(22)23(19)17-8-3-2-4-9-17;1-16-13-8-4-5-9-14(13)17-10-11-6-2-3-7-12(11)15(16)17;1-10-5-4-8-14-9-11-6-2-3-7-12(11)13(10)14;1-10-5-6-11-9-14-7-3-2-4-13(14)12(11)8-10;1-10-6-7-14-9-11-4-2-3-5-12(11)13(14)8-10/h2-13H,14H2,1H3;2-9H,10H2,1H3;3*2-8H,9H2,1H3/q5*+1/i1D3;;;;. The van der Waals surface area contributed by atoms with Gasteiger partial charge in [0.1, 0.15) is 18.8 Å². The fraction of sp³-hybridized carbons (Fsp3) is 0.133. The van der Waals surface area contributed by atoms with Crippen molar-refractivity contribution in [3.05, 3.63) is 299 Å². The van der Waals surface area contributed by atoms with Gasteiger partial charge in [-0.05, 0) is 118 Å². The normalized spacial score (nSPS) is 13.1. The van der Waals surface area contributed by atoms with Crippen molar-refractivity contribution in [1.29, 1.82) is 0 Å². The zero-order valence-electron chi connectivity index (χ0n) is 49.8. The van der Waals surface area contributed by atoms with Crippen molar-refractivity contribution in [1.82, 2.24) is 9.13 Å². The van der Waals surface area contributed by atoms with Crippen LogP contribution < -0.4 is 22.8 Å². The molecule has 0 aliphatic carbocycles. The molecule has 5 aromatic heterocycles. The van der Waals surface area contributed by atoms with Gasteiger partial charge in [0.2, 0.25) is 17.1 Å². The Bertz CT molecular complexity index is 4650. The molecule has 0 saturated carbocycles. The highest BCUT2D eigenvalue weighted by molar-refractivity contribution is 5.82. The number of aromatic nitrogens is 7. The van der Waals surface area contributed by atoms with Crippen molar-refractivity contribution in [3.63, 3.8) is 0 Å². The Hall–Kier alpha value is -9.85. The summed E-state index contributed by atoms with van der Waals surface area (Å²) in [7, 11) is 2.15. The minimum absolute atomic E-state index is 0.376.